The van der Waals surface area contributed by atoms with Crippen LogP contribution in [0.25, 0.3) is 0 Å². The second-order valence-electron chi connectivity index (χ2n) is 7.37. The summed E-state index contributed by atoms with van der Waals surface area (Å²) in [7, 11) is 0. The fourth-order valence-corrected chi connectivity index (χ4v) is 3.61. The number of ether oxygens (including phenoxy) is 4. The summed E-state index contributed by atoms with van der Waals surface area (Å²) in [6.07, 6.45) is -3.70. The Hall–Kier alpha value is -2.45. The molecule has 4 rings (SSSR count). The maximum absolute atomic E-state index is 11.7. The van der Waals surface area contributed by atoms with Crippen molar-refractivity contribution in [1.29, 1.82) is 0 Å². The first kappa shape index (κ1) is 19.8. The smallest absolute Gasteiger partial charge is 0.223 e. The molecule has 2 heterocycles. The van der Waals surface area contributed by atoms with Gasteiger partial charge in [0.05, 0.1) is 6.61 Å². The lowest BCUT2D eigenvalue weighted by Crippen LogP contribution is -2.67. The third-order valence-electron chi connectivity index (χ3n) is 5.08. The molecule has 2 aromatic carbocycles. The molecular weight excluding hydrogens is 374 g/mol. The average Bonchev–Trinajstić information content (AvgIpc) is 2.73. The summed E-state index contributed by atoms with van der Waals surface area (Å²) in [5.41, 5.74) is 1.95. The van der Waals surface area contributed by atoms with E-state index in [0.29, 0.717) is 5.75 Å². The number of carbonyl (C=O) groups is 1. The van der Waals surface area contributed by atoms with Crippen LogP contribution >= 0.6 is 0 Å². The van der Waals surface area contributed by atoms with Gasteiger partial charge in [-0.2, -0.15) is 0 Å². The zero-order chi connectivity index (χ0) is 20.4. The van der Waals surface area contributed by atoms with E-state index >= 15 is 0 Å². The molecule has 0 spiro atoms. The summed E-state index contributed by atoms with van der Waals surface area (Å²) in [5, 5.41) is 13.8. The molecule has 2 aliphatic heterocycles. The molecule has 2 aliphatic rings. The molecule has 0 saturated carbocycles. The van der Waals surface area contributed by atoms with Crippen LogP contribution in [0.5, 0.6) is 5.75 Å². The molecule has 0 radical (unpaired) electrons. The maximum Gasteiger partial charge on any atom is 0.223 e. The fraction of sp³-hybridized carbons (Fsp3) is 0.409. The van der Waals surface area contributed by atoms with Crippen molar-refractivity contribution in [2.75, 3.05) is 6.61 Å². The highest BCUT2D eigenvalue weighted by Gasteiger charge is 2.50. The van der Waals surface area contributed by atoms with Gasteiger partial charge in [0.2, 0.25) is 12.2 Å². The topological polar surface area (TPSA) is 86.3 Å². The van der Waals surface area contributed by atoms with Crippen LogP contribution in [0.15, 0.2) is 54.6 Å². The quantitative estimate of drug-likeness (QED) is 0.819. The van der Waals surface area contributed by atoms with E-state index in [0.717, 1.165) is 11.1 Å². The Morgan fingerprint density at radius 1 is 1.10 bits per heavy atom. The predicted molar refractivity (Wildman–Crippen MR) is 104 cm³/mol. The van der Waals surface area contributed by atoms with Gasteiger partial charge in [0.1, 0.15) is 30.1 Å². The Morgan fingerprint density at radius 2 is 1.83 bits per heavy atom. The number of hydrogen-bond acceptors (Lipinski definition) is 6. The lowest BCUT2D eigenvalue weighted by molar-refractivity contribution is -0.333. The summed E-state index contributed by atoms with van der Waals surface area (Å²) in [4.78, 5) is 11.7. The van der Waals surface area contributed by atoms with Gasteiger partial charge >= 0.3 is 0 Å². The van der Waals surface area contributed by atoms with Crippen molar-refractivity contribution in [1.82, 2.24) is 5.32 Å². The van der Waals surface area contributed by atoms with Crippen LogP contribution in [0.4, 0.5) is 0 Å². The minimum Gasteiger partial charge on any atom is -0.463 e. The molecule has 2 saturated heterocycles. The second-order valence-corrected chi connectivity index (χ2v) is 7.37. The van der Waals surface area contributed by atoms with Crippen LogP contribution < -0.4 is 10.1 Å². The van der Waals surface area contributed by atoms with Crippen molar-refractivity contribution in [2.24, 2.45) is 0 Å². The molecule has 2 aromatic rings. The number of nitrogens with one attached hydrogen (secondary N) is 1. The van der Waals surface area contributed by atoms with Gasteiger partial charge in [0, 0.05) is 12.5 Å². The highest BCUT2D eigenvalue weighted by Crippen LogP contribution is 2.34. The minimum atomic E-state index is -1.02. The molecule has 7 nitrogen and oxygen atoms in total. The van der Waals surface area contributed by atoms with Crippen LogP contribution in [-0.2, 0) is 19.0 Å². The van der Waals surface area contributed by atoms with Crippen LogP contribution in [0.2, 0.25) is 0 Å². The van der Waals surface area contributed by atoms with Gasteiger partial charge in [-0.1, -0.05) is 48.0 Å². The Balaban J connectivity index is 1.53. The third kappa shape index (κ3) is 4.43. The highest BCUT2D eigenvalue weighted by molar-refractivity contribution is 5.73. The van der Waals surface area contributed by atoms with E-state index < -0.39 is 36.9 Å². The molecule has 154 valence electrons. The SMILES string of the molecule is CC(=O)NC1C(Oc2ccc(C)cc2)OC2COC(c3ccccc3)OC2C1O. The summed E-state index contributed by atoms with van der Waals surface area (Å²) in [6.45, 7) is 3.61. The van der Waals surface area contributed by atoms with Crippen molar-refractivity contribution in [2.45, 2.75) is 50.8 Å². The van der Waals surface area contributed by atoms with E-state index in [-0.39, 0.29) is 12.5 Å². The van der Waals surface area contributed by atoms with E-state index in [4.69, 9.17) is 18.9 Å². The van der Waals surface area contributed by atoms with E-state index in [1.165, 1.54) is 6.92 Å². The Kier molecular flexibility index (Phi) is 5.82. The van der Waals surface area contributed by atoms with Gasteiger partial charge in [-0.3, -0.25) is 4.79 Å². The summed E-state index contributed by atoms with van der Waals surface area (Å²) < 4.78 is 23.8. The first-order chi connectivity index (χ1) is 14.0. The first-order valence-electron chi connectivity index (χ1n) is 9.67. The van der Waals surface area contributed by atoms with Crippen molar-refractivity contribution in [3.63, 3.8) is 0 Å². The summed E-state index contributed by atoms with van der Waals surface area (Å²) >= 11 is 0. The number of benzene rings is 2. The monoisotopic (exact) mass is 399 g/mol. The van der Waals surface area contributed by atoms with Gasteiger partial charge in [-0.15, -0.1) is 0 Å². The molecule has 2 N–H and O–H groups in total. The van der Waals surface area contributed by atoms with Gasteiger partial charge in [0.25, 0.3) is 0 Å². The Labute approximate surface area is 169 Å². The van der Waals surface area contributed by atoms with Crippen LogP contribution in [0.3, 0.4) is 0 Å². The fourth-order valence-electron chi connectivity index (χ4n) is 3.61. The molecule has 6 unspecified atom stereocenters. The zero-order valence-corrected chi connectivity index (χ0v) is 16.4. The lowest BCUT2D eigenvalue weighted by Gasteiger charge is -2.47. The van der Waals surface area contributed by atoms with Crippen LogP contribution in [0.1, 0.15) is 24.3 Å². The molecule has 0 bridgehead atoms. The molecule has 2 fully saturated rings. The van der Waals surface area contributed by atoms with Crippen molar-refractivity contribution in [3.8, 4) is 5.75 Å². The average molecular weight is 399 g/mol. The standard InChI is InChI=1S/C22H25NO6/c1-13-8-10-16(11-9-13)27-22-18(23-14(2)24)19(25)20-17(28-22)12-26-21(29-20)15-6-4-3-5-7-15/h3-11,17-22,25H,12H2,1-2H3,(H,23,24). The van der Waals surface area contributed by atoms with Gasteiger partial charge in [-0.05, 0) is 19.1 Å². The van der Waals surface area contributed by atoms with Crippen LogP contribution in [0, 0.1) is 6.92 Å². The number of hydrogen-bond donors (Lipinski definition) is 2. The lowest BCUT2D eigenvalue weighted by atomic mass is 9.95. The largest absolute Gasteiger partial charge is 0.463 e. The summed E-state index contributed by atoms with van der Waals surface area (Å²) in [5.74, 6) is 0.293. The molecule has 29 heavy (non-hydrogen) atoms. The van der Waals surface area contributed by atoms with Gasteiger partial charge in [-0.25, -0.2) is 0 Å². The maximum atomic E-state index is 11.7. The van der Waals surface area contributed by atoms with Crippen LogP contribution in [-0.4, -0.2) is 48.3 Å². The molecule has 1 amide bonds. The zero-order valence-electron chi connectivity index (χ0n) is 16.4. The van der Waals surface area contributed by atoms with E-state index in [1.807, 2.05) is 61.5 Å². The van der Waals surface area contributed by atoms with E-state index in [9.17, 15) is 9.90 Å². The number of aliphatic hydroxyl groups excluding tert-OH is 1. The predicted octanol–water partition coefficient (Wildman–Crippen LogP) is 2.08. The molecule has 0 aliphatic carbocycles. The molecule has 6 atom stereocenters. The van der Waals surface area contributed by atoms with E-state index in [1.54, 1.807) is 0 Å². The summed E-state index contributed by atoms with van der Waals surface area (Å²) in [6, 6.07) is 16.2. The number of amides is 1. The third-order valence-corrected chi connectivity index (χ3v) is 5.08. The van der Waals surface area contributed by atoms with Gasteiger partial charge in [0.15, 0.2) is 6.29 Å². The van der Waals surface area contributed by atoms with Crippen molar-refractivity contribution in [3.05, 3.63) is 65.7 Å². The number of rotatable bonds is 4. The van der Waals surface area contributed by atoms with Crippen molar-refractivity contribution >= 4 is 5.91 Å². The van der Waals surface area contributed by atoms with Gasteiger partial charge < -0.3 is 29.4 Å². The number of aryl methyl sites for hydroxylation is 1. The normalized spacial score (nSPS) is 31.6. The Morgan fingerprint density at radius 3 is 2.52 bits per heavy atom. The number of aliphatic hydroxyl groups is 1. The Bertz CT molecular complexity index is 827. The van der Waals surface area contributed by atoms with Crippen molar-refractivity contribution < 1.29 is 28.8 Å². The molecular formula is C22H25NO6. The molecule has 0 aromatic heterocycles. The van der Waals surface area contributed by atoms with E-state index in [2.05, 4.69) is 5.32 Å². The molecule has 7 heteroatoms. The minimum absolute atomic E-state index is 0.238. The second kappa shape index (κ2) is 8.51. The number of fused-ring (bicyclic) bond motifs is 1. The number of carbonyl (C=O) groups excluding carboxylic acids is 1. The first-order valence-corrected chi connectivity index (χ1v) is 9.67. The highest BCUT2D eigenvalue weighted by atomic mass is 16.7.